The molecule has 1 amide bonds. The second-order valence-electron chi connectivity index (χ2n) is 16.5. The van der Waals surface area contributed by atoms with Gasteiger partial charge >= 0.3 is 0 Å². The molecule has 322 valence electrons. The highest BCUT2D eigenvalue weighted by atomic mass is 35.5. The van der Waals surface area contributed by atoms with Gasteiger partial charge in [-0.15, -0.1) is 12.4 Å². The number of carbonyl (C=O) groups excluding carboxylic acids is 1. The number of fused-ring (bicyclic) bond motifs is 2. The molecule has 63 heavy (non-hydrogen) atoms. The number of rotatable bonds is 13. The maximum Gasteiger partial charge on any atom is 0.213 e. The number of halogens is 1. The number of nitrogens with zero attached hydrogens (tertiary/aromatic N) is 5. The fraction of sp³-hybridized carbons (Fsp3) is 0.264. The van der Waals surface area contributed by atoms with Gasteiger partial charge in [0.05, 0.1) is 22.5 Å². The second-order valence-corrected chi connectivity index (χ2v) is 16.5. The molecule has 0 atom stereocenters. The van der Waals surface area contributed by atoms with Crippen molar-refractivity contribution in [1.29, 1.82) is 0 Å². The molecule has 10 heteroatoms. The van der Waals surface area contributed by atoms with E-state index in [-0.39, 0.29) is 12.4 Å². The Kier molecular flexibility index (Phi) is 12.4. The van der Waals surface area contributed by atoms with Crippen molar-refractivity contribution in [3.8, 4) is 34.6 Å². The molecule has 5 heterocycles. The molecular formula is C53H55ClN6O3. The SMILES string of the molecule is CCCc1ccnc2c1c(C1(c3c(Oc4c(C)cccc4C)n(-c4ccccc4)c4nccc(CCC)c34)CNCCN1C=O)c(Oc1c(C)cccc1C)n2-c1ccccc1.Cl. The number of amides is 1. The third kappa shape index (κ3) is 7.33. The molecule has 1 fully saturated rings. The Morgan fingerprint density at radius 1 is 0.619 bits per heavy atom. The van der Waals surface area contributed by atoms with Crippen LogP contribution in [0.3, 0.4) is 0 Å². The summed E-state index contributed by atoms with van der Waals surface area (Å²) in [6.07, 6.45) is 8.23. The van der Waals surface area contributed by atoms with Crippen LogP contribution in [0.2, 0.25) is 0 Å². The lowest BCUT2D eigenvalue weighted by atomic mass is 9.77. The number of para-hydroxylation sites is 4. The summed E-state index contributed by atoms with van der Waals surface area (Å²) in [4.78, 5) is 26.7. The van der Waals surface area contributed by atoms with Crippen LogP contribution < -0.4 is 14.8 Å². The van der Waals surface area contributed by atoms with E-state index in [2.05, 4.69) is 129 Å². The molecule has 1 aliphatic heterocycles. The first kappa shape index (κ1) is 43.2. The molecule has 9 rings (SSSR count). The number of hydrogen-bond donors (Lipinski definition) is 1. The van der Waals surface area contributed by atoms with E-state index in [0.29, 0.717) is 31.4 Å². The number of aryl methyl sites for hydroxylation is 6. The van der Waals surface area contributed by atoms with Crippen LogP contribution in [0.15, 0.2) is 122 Å². The van der Waals surface area contributed by atoms with Crippen LogP contribution in [-0.2, 0) is 23.2 Å². The lowest BCUT2D eigenvalue weighted by Crippen LogP contribution is -2.59. The van der Waals surface area contributed by atoms with Crippen LogP contribution in [-0.4, -0.2) is 50.0 Å². The number of nitrogens with one attached hydrogen (secondary N) is 1. The van der Waals surface area contributed by atoms with E-state index in [4.69, 9.17) is 19.4 Å². The average molecular weight is 860 g/mol. The third-order valence-electron chi connectivity index (χ3n) is 12.4. The van der Waals surface area contributed by atoms with E-state index < -0.39 is 5.54 Å². The summed E-state index contributed by atoms with van der Waals surface area (Å²) in [6, 6.07) is 37.3. The molecule has 1 N–H and O–H groups in total. The molecule has 4 aromatic carbocycles. The van der Waals surface area contributed by atoms with Crippen molar-refractivity contribution in [2.24, 2.45) is 0 Å². The average Bonchev–Trinajstić information content (AvgIpc) is 3.81. The Morgan fingerprint density at radius 3 is 1.44 bits per heavy atom. The minimum absolute atomic E-state index is 0. The van der Waals surface area contributed by atoms with Gasteiger partial charge in [-0.3, -0.25) is 13.9 Å². The predicted octanol–water partition coefficient (Wildman–Crippen LogP) is 11.8. The molecule has 1 aliphatic rings. The highest BCUT2D eigenvalue weighted by Gasteiger charge is 2.52. The highest BCUT2D eigenvalue weighted by Crippen LogP contribution is 2.55. The zero-order valence-corrected chi connectivity index (χ0v) is 37.8. The first-order chi connectivity index (χ1) is 30.3. The van der Waals surface area contributed by atoms with Crippen molar-refractivity contribution in [2.45, 2.75) is 72.8 Å². The quantitative estimate of drug-likeness (QED) is 0.116. The van der Waals surface area contributed by atoms with Crippen LogP contribution in [0.25, 0.3) is 33.4 Å². The number of piperazine rings is 1. The predicted molar refractivity (Wildman–Crippen MR) is 256 cm³/mol. The minimum atomic E-state index is -1.23. The zero-order valence-electron chi connectivity index (χ0n) is 36.9. The van der Waals surface area contributed by atoms with E-state index in [0.717, 1.165) is 122 Å². The molecule has 4 aromatic heterocycles. The first-order valence-corrected chi connectivity index (χ1v) is 21.9. The number of ether oxygens (including phenoxy) is 2. The first-order valence-electron chi connectivity index (χ1n) is 21.9. The van der Waals surface area contributed by atoms with Crippen molar-refractivity contribution in [3.05, 3.63) is 166 Å². The summed E-state index contributed by atoms with van der Waals surface area (Å²) < 4.78 is 19.4. The summed E-state index contributed by atoms with van der Waals surface area (Å²) in [5.41, 5.74) is 10.0. The van der Waals surface area contributed by atoms with Crippen molar-refractivity contribution in [1.82, 2.24) is 29.3 Å². The van der Waals surface area contributed by atoms with Gasteiger partial charge in [0, 0.05) is 42.8 Å². The largest absolute Gasteiger partial charge is 0.439 e. The molecule has 0 radical (unpaired) electrons. The van der Waals surface area contributed by atoms with Crippen LogP contribution in [0, 0.1) is 27.7 Å². The van der Waals surface area contributed by atoms with E-state index in [9.17, 15) is 4.79 Å². The monoisotopic (exact) mass is 858 g/mol. The van der Waals surface area contributed by atoms with E-state index in [1.54, 1.807) is 0 Å². The van der Waals surface area contributed by atoms with Gasteiger partial charge < -0.3 is 19.7 Å². The topological polar surface area (TPSA) is 86.4 Å². The number of carbonyl (C=O) groups is 1. The minimum Gasteiger partial charge on any atom is -0.439 e. The molecule has 8 aromatic rings. The summed E-state index contributed by atoms with van der Waals surface area (Å²) >= 11 is 0. The standard InChI is InChI=1S/C53H54N6O3.ClH/c1-7-17-39-27-29-55-49-43(39)45(51(58(49)41-23-11-9-12-24-41)61-47-35(3)19-15-20-36(47)4)53(33-54-31-32-57(53)34-60)46-44-40(18-8-2)28-30-56-50(44)59(42-25-13-10-14-26-42)52(46)62-48-37(5)21-16-22-38(48)6;/h9-16,19-30,34,54H,7-8,17-18,31-33H2,1-6H3;1H. The van der Waals surface area contributed by atoms with Crippen molar-refractivity contribution in [2.75, 3.05) is 19.6 Å². The van der Waals surface area contributed by atoms with Crippen molar-refractivity contribution < 1.29 is 14.3 Å². The summed E-state index contributed by atoms with van der Waals surface area (Å²) in [7, 11) is 0. The zero-order chi connectivity index (χ0) is 43.0. The van der Waals surface area contributed by atoms with E-state index in [1.807, 2.05) is 53.7 Å². The van der Waals surface area contributed by atoms with Gasteiger partial charge in [-0.1, -0.05) is 99.5 Å². The van der Waals surface area contributed by atoms with E-state index >= 15 is 0 Å². The number of aromatic nitrogens is 4. The van der Waals surface area contributed by atoms with E-state index in [1.165, 1.54) is 0 Å². The number of hydrogen-bond acceptors (Lipinski definition) is 6. The highest BCUT2D eigenvalue weighted by molar-refractivity contribution is 5.96. The molecule has 0 unspecified atom stereocenters. The maximum absolute atomic E-state index is 14.3. The molecule has 9 nitrogen and oxygen atoms in total. The van der Waals surface area contributed by atoms with Crippen LogP contribution in [0.1, 0.15) is 71.2 Å². The lowest BCUT2D eigenvalue weighted by molar-refractivity contribution is -0.124. The number of benzene rings is 4. The Balaban J connectivity index is 0.00000544. The van der Waals surface area contributed by atoms with Gasteiger partial charge in [-0.25, -0.2) is 9.97 Å². The molecule has 0 spiro atoms. The normalized spacial score (nSPS) is 13.6. The van der Waals surface area contributed by atoms with Crippen molar-refractivity contribution in [3.63, 3.8) is 0 Å². The molecular weight excluding hydrogens is 804 g/mol. The van der Waals surface area contributed by atoms with Crippen LogP contribution in [0.4, 0.5) is 0 Å². The molecule has 0 saturated carbocycles. The van der Waals surface area contributed by atoms with Gasteiger partial charge in [0.25, 0.3) is 0 Å². The van der Waals surface area contributed by atoms with Gasteiger partial charge in [0.15, 0.2) is 0 Å². The lowest BCUT2D eigenvalue weighted by Gasteiger charge is -2.46. The van der Waals surface area contributed by atoms with Crippen molar-refractivity contribution >= 4 is 40.9 Å². The Bertz CT molecular complexity index is 2700. The molecule has 0 bridgehead atoms. The molecule has 1 saturated heterocycles. The summed E-state index contributed by atoms with van der Waals surface area (Å²) in [5.74, 6) is 2.70. The second kappa shape index (κ2) is 18.1. The Labute approximate surface area is 376 Å². The smallest absolute Gasteiger partial charge is 0.213 e. The fourth-order valence-corrected chi connectivity index (χ4v) is 9.65. The maximum atomic E-state index is 14.3. The third-order valence-corrected chi connectivity index (χ3v) is 12.4. The van der Waals surface area contributed by atoms with Crippen LogP contribution >= 0.6 is 12.4 Å². The van der Waals surface area contributed by atoms with Gasteiger partial charge in [0.1, 0.15) is 28.3 Å². The van der Waals surface area contributed by atoms with Gasteiger partial charge in [-0.05, 0) is 110 Å². The summed E-state index contributed by atoms with van der Waals surface area (Å²) in [6.45, 7) is 14.1. The summed E-state index contributed by atoms with van der Waals surface area (Å²) in [5, 5.41) is 5.73. The molecule has 0 aliphatic carbocycles. The fourth-order valence-electron chi connectivity index (χ4n) is 9.65. The Hall–Kier alpha value is -6.42. The van der Waals surface area contributed by atoms with Crippen LogP contribution in [0.5, 0.6) is 23.3 Å². The van der Waals surface area contributed by atoms with Gasteiger partial charge in [-0.2, -0.15) is 0 Å². The van der Waals surface area contributed by atoms with Gasteiger partial charge in [0.2, 0.25) is 18.2 Å². The number of pyridine rings is 2. The Morgan fingerprint density at radius 2 is 1.05 bits per heavy atom.